The smallest absolute Gasteiger partial charge is 0.272 e. The van der Waals surface area contributed by atoms with Gasteiger partial charge in [-0.25, -0.2) is 9.97 Å². The zero-order chi connectivity index (χ0) is 18.4. The second-order valence-corrected chi connectivity index (χ2v) is 6.12. The molecule has 0 radical (unpaired) electrons. The molecule has 1 saturated heterocycles. The Bertz CT molecular complexity index is 760. The van der Waals surface area contributed by atoms with Crippen molar-refractivity contribution in [2.24, 2.45) is 0 Å². The quantitative estimate of drug-likeness (QED) is 0.852. The molecule has 1 fully saturated rings. The number of hydrogen-bond donors (Lipinski definition) is 1. The van der Waals surface area contributed by atoms with Gasteiger partial charge in [-0.05, 0) is 31.0 Å². The van der Waals surface area contributed by atoms with Crippen LogP contribution in [0.4, 0.5) is 5.82 Å². The largest absolute Gasteiger partial charge is 0.497 e. The van der Waals surface area contributed by atoms with Crippen LogP contribution < -0.4 is 10.1 Å². The van der Waals surface area contributed by atoms with Gasteiger partial charge in [0, 0.05) is 25.7 Å². The highest BCUT2D eigenvalue weighted by Gasteiger charge is 2.20. The molecule has 3 rings (SSSR count). The van der Waals surface area contributed by atoms with Crippen LogP contribution >= 0.6 is 0 Å². The average molecular weight is 356 g/mol. The summed E-state index contributed by atoms with van der Waals surface area (Å²) < 4.78 is 10.5. The monoisotopic (exact) mass is 356 g/mol. The Morgan fingerprint density at radius 3 is 2.85 bits per heavy atom. The topological polar surface area (TPSA) is 76.6 Å². The standard InChI is InChI=1S/C19H24N4O3/c1-14-21-17(19(24)23-8-10-26-11-9-23)13-18(22-14)20-7-6-15-4-3-5-16(12-15)25-2/h3-5,12-13H,6-11H2,1-2H3,(H,20,21,22). The van der Waals surface area contributed by atoms with Gasteiger partial charge in [0.2, 0.25) is 0 Å². The van der Waals surface area contributed by atoms with Crippen LogP contribution in [0.25, 0.3) is 0 Å². The lowest BCUT2D eigenvalue weighted by Crippen LogP contribution is -2.41. The van der Waals surface area contributed by atoms with Gasteiger partial charge in [0.15, 0.2) is 0 Å². The Kier molecular flexibility index (Phi) is 6.01. The summed E-state index contributed by atoms with van der Waals surface area (Å²) in [7, 11) is 1.66. The summed E-state index contributed by atoms with van der Waals surface area (Å²) in [4.78, 5) is 23.1. The highest BCUT2D eigenvalue weighted by atomic mass is 16.5. The fourth-order valence-electron chi connectivity index (χ4n) is 2.86. The number of aromatic nitrogens is 2. The lowest BCUT2D eigenvalue weighted by Gasteiger charge is -2.26. The molecular weight excluding hydrogens is 332 g/mol. The van der Waals surface area contributed by atoms with Crippen molar-refractivity contribution in [3.8, 4) is 5.75 Å². The summed E-state index contributed by atoms with van der Waals surface area (Å²) in [5.41, 5.74) is 1.59. The van der Waals surface area contributed by atoms with E-state index in [1.807, 2.05) is 18.2 Å². The van der Waals surface area contributed by atoms with E-state index >= 15 is 0 Å². The third-order valence-electron chi connectivity index (χ3n) is 4.21. The van der Waals surface area contributed by atoms with Crippen LogP contribution in [0.5, 0.6) is 5.75 Å². The molecule has 0 atom stereocenters. The molecule has 1 aliphatic heterocycles. The number of carbonyl (C=O) groups is 1. The van der Waals surface area contributed by atoms with Gasteiger partial charge in [-0.15, -0.1) is 0 Å². The summed E-state index contributed by atoms with van der Waals surface area (Å²) in [5.74, 6) is 2.01. The number of amides is 1. The molecule has 1 aromatic heterocycles. The molecule has 1 aliphatic rings. The second kappa shape index (κ2) is 8.62. The molecule has 138 valence electrons. The zero-order valence-electron chi connectivity index (χ0n) is 15.2. The number of nitrogens with one attached hydrogen (secondary N) is 1. The first-order valence-electron chi connectivity index (χ1n) is 8.75. The Balaban J connectivity index is 1.62. The Hall–Kier alpha value is -2.67. The van der Waals surface area contributed by atoms with Gasteiger partial charge in [0.1, 0.15) is 23.1 Å². The van der Waals surface area contributed by atoms with Crippen molar-refractivity contribution in [2.45, 2.75) is 13.3 Å². The van der Waals surface area contributed by atoms with E-state index in [1.54, 1.807) is 25.0 Å². The summed E-state index contributed by atoms with van der Waals surface area (Å²) in [6.45, 7) is 4.84. The predicted octanol–water partition coefficient (Wildman–Crippen LogP) is 1.92. The van der Waals surface area contributed by atoms with Crippen molar-refractivity contribution in [2.75, 3.05) is 45.3 Å². The molecule has 7 heteroatoms. The SMILES string of the molecule is COc1cccc(CCNc2cc(C(=O)N3CCOCC3)nc(C)n2)c1. The number of ether oxygens (including phenoxy) is 2. The fourth-order valence-corrected chi connectivity index (χ4v) is 2.86. The third kappa shape index (κ3) is 4.70. The van der Waals surface area contributed by atoms with Crippen LogP contribution in [-0.2, 0) is 11.2 Å². The molecule has 26 heavy (non-hydrogen) atoms. The zero-order valence-corrected chi connectivity index (χ0v) is 15.2. The number of aryl methyl sites for hydroxylation is 1. The lowest BCUT2D eigenvalue weighted by atomic mass is 10.1. The fraction of sp³-hybridized carbons (Fsp3) is 0.421. The van der Waals surface area contributed by atoms with Crippen LogP contribution in [0.1, 0.15) is 21.9 Å². The van der Waals surface area contributed by atoms with E-state index in [2.05, 4.69) is 21.4 Å². The molecule has 1 amide bonds. The van der Waals surface area contributed by atoms with Gasteiger partial charge >= 0.3 is 0 Å². The van der Waals surface area contributed by atoms with E-state index in [4.69, 9.17) is 9.47 Å². The molecule has 0 unspecified atom stereocenters. The number of anilines is 1. The summed E-state index contributed by atoms with van der Waals surface area (Å²) in [6.07, 6.45) is 0.826. The highest BCUT2D eigenvalue weighted by molar-refractivity contribution is 5.93. The van der Waals surface area contributed by atoms with Crippen molar-refractivity contribution >= 4 is 11.7 Å². The van der Waals surface area contributed by atoms with Gasteiger partial charge in [-0.3, -0.25) is 4.79 Å². The molecule has 0 saturated carbocycles. The van der Waals surface area contributed by atoms with Crippen LogP contribution in [0.15, 0.2) is 30.3 Å². The maximum absolute atomic E-state index is 12.6. The van der Waals surface area contributed by atoms with Crippen molar-refractivity contribution in [3.05, 3.63) is 47.4 Å². The highest BCUT2D eigenvalue weighted by Crippen LogP contribution is 2.14. The maximum Gasteiger partial charge on any atom is 0.272 e. The van der Waals surface area contributed by atoms with Crippen LogP contribution in [0.2, 0.25) is 0 Å². The van der Waals surface area contributed by atoms with Crippen molar-refractivity contribution < 1.29 is 14.3 Å². The Morgan fingerprint density at radius 2 is 2.08 bits per heavy atom. The number of carbonyl (C=O) groups excluding carboxylic acids is 1. The van der Waals surface area contributed by atoms with Crippen molar-refractivity contribution in [1.29, 1.82) is 0 Å². The van der Waals surface area contributed by atoms with E-state index in [9.17, 15) is 4.79 Å². The molecule has 7 nitrogen and oxygen atoms in total. The number of morpholine rings is 1. The van der Waals surface area contributed by atoms with Crippen molar-refractivity contribution in [3.63, 3.8) is 0 Å². The van der Waals surface area contributed by atoms with Crippen LogP contribution in [0.3, 0.4) is 0 Å². The predicted molar refractivity (Wildman–Crippen MR) is 98.7 cm³/mol. The first-order valence-corrected chi connectivity index (χ1v) is 8.75. The maximum atomic E-state index is 12.6. The minimum atomic E-state index is -0.0744. The van der Waals surface area contributed by atoms with Gasteiger partial charge in [-0.1, -0.05) is 12.1 Å². The number of hydrogen-bond acceptors (Lipinski definition) is 6. The van der Waals surface area contributed by atoms with Gasteiger partial charge < -0.3 is 19.7 Å². The minimum Gasteiger partial charge on any atom is -0.497 e. The van der Waals surface area contributed by atoms with E-state index in [0.717, 1.165) is 12.2 Å². The van der Waals surface area contributed by atoms with E-state index in [1.165, 1.54) is 5.56 Å². The van der Waals surface area contributed by atoms with Crippen LogP contribution in [0, 0.1) is 6.92 Å². The lowest BCUT2D eigenvalue weighted by molar-refractivity contribution is 0.0299. The molecule has 0 aliphatic carbocycles. The minimum absolute atomic E-state index is 0.0744. The molecule has 1 N–H and O–H groups in total. The first-order chi connectivity index (χ1) is 12.7. The van der Waals surface area contributed by atoms with Gasteiger partial charge in [-0.2, -0.15) is 0 Å². The molecular formula is C19H24N4O3. The Morgan fingerprint density at radius 1 is 1.27 bits per heavy atom. The number of rotatable bonds is 6. The van der Waals surface area contributed by atoms with E-state index in [-0.39, 0.29) is 5.91 Å². The van der Waals surface area contributed by atoms with Crippen molar-refractivity contribution in [1.82, 2.24) is 14.9 Å². The number of nitrogens with zero attached hydrogens (tertiary/aromatic N) is 3. The average Bonchev–Trinajstić information content (AvgIpc) is 2.68. The Labute approximate surface area is 153 Å². The molecule has 2 heterocycles. The van der Waals surface area contributed by atoms with Gasteiger partial charge in [0.25, 0.3) is 5.91 Å². The van der Waals surface area contributed by atoms with E-state index in [0.29, 0.717) is 50.2 Å². The molecule has 1 aromatic carbocycles. The normalized spacial score (nSPS) is 14.2. The first kappa shape index (κ1) is 18.1. The van der Waals surface area contributed by atoms with Crippen LogP contribution in [-0.4, -0.2) is 60.7 Å². The molecule has 0 spiro atoms. The van der Waals surface area contributed by atoms with E-state index < -0.39 is 0 Å². The summed E-state index contributed by atoms with van der Waals surface area (Å²) >= 11 is 0. The summed E-state index contributed by atoms with van der Waals surface area (Å²) in [5, 5.41) is 3.28. The summed E-state index contributed by atoms with van der Waals surface area (Å²) in [6, 6.07) is 9.69. The third-order valence-corrected chi connectivity index (χ3v) is 4.21. The molecule has 2 aromatic rings. The molecule has 0 bridgehead atoms. The second-order valence-electron chi connectivity index (χ2n) is 6.12. The van der Waals surface area contributed by atoms with Gasteiger partial charge in [0.05, 0.1) is 20.3 Å². The number of methoxy groups -OCH3 is 1. The number of benzene rings is 1.